The van der Waals surface area contributed by atoms with E-state index >= 15 is 0 Å². The van der Waals surface area contributed by atoms with E-state index in [1.54, 1.807) is 0 Å². The molecular formula is C44H60I2O4S. The van der Waals surface area contributed by atoms with Crippen molar-refractivity contribution in [2.45, 2.75) is 130 Å². The fraction of sp³-hybridized carbons (Fsp3) is 0.455. The van der Waals surface area contributed by atoms with Gasteiger partial charge < -0.3 is 0 Å². The molecule has 0 aromatic heterocycles. The SMILES string of the molecule is CCC(C)(C)c1ccc(I(OS(=O)(=O)OI(c2ccc(C(C)(C)CC)cc2)c2ccc(C(C)(C)CC)cc2)c2ccc(C(C)(C)CC)cc2)cc1. The summed E-state index contributed by atoms with van der Waals surface area (Å²) in [6.07, 6.45) is 4.01. The van der Waals surface area contributed by atoms with E-state index in [0.717, 1.165) is 40.0 Å². The third kappa shape index (κ3) is 10.3. The Labute approximate surface area is 325 Å². The summed E-state index contributed by atoms with van der Waals surface area (Å²) in [6, 6.07) is 33.6. The molecule has 0 N–H and O–H groups in total. The number of hydrogen-bond acceptors (Lipinski definition) is 4. The van der Waals surface area contributed by atoms with E-state index in [0.29, 0.717) is 0 Å². The minimum absolute atomic E-state index is 0.0182. The van der Waals surface area contributed by atoms with Crippen molar-refractivity contribution in [2.24, 2.45) is 0 Å². The minimum atomic E-state index is -4.41. The molecule has 4 rings (SSSR count). The molecule has 0 saturated carbocycles. The Morgan fingerprint density at radius 1 is 0.392 bits per heavy atom. The van der Waals surface area contributed by atoms with Gasteiger partial charge in [0.2, 0.25) is 0 Å². The van der Waals surface area contributed by atoms with Crippen LogP contribution in [0.25, 0.3) is 0 Å². The Morgan fingerprint density at radius 2 is 0.569 bits per heavy atom. The first-order chi connectivity index (χ1) is 23.8. The van der Waals surface area contributed by atoms with Gasteiger partial charge >= 0.3 is 328 Å². The van der Waals surface area contributed by atoms with Gasteiger partial charge in [0, 0.05) is 0 Å². The van der Waals surface area contributed by atoms with Gasteiger partial charge in [0.25, 0.3) is 0 Å². The van der Waals surface area contributed by atoms with Crippen LogP contribution >= 0.6 is 40.5 Å². The van der Waals surface area contributed by atoms with Crippen molar-refractivity contribution in [3.05, 3.63) is 134 Å². The number of hydrogen-bond donors (Lipinski definition) is 0. The van der Waals surface area contributed by atoms with Crippen molar-refractivity contribution >= 4 is 50.9 Å². The summed E-state index contributed by atoms with van der Waals surface area (Å²) < 4.78 is 44.9. The standard InChI is InChI=1S/C44H60I2O4S/c1-13-41(5,6)33-17-25-37(26-18-33)45(38-27-19-34(20-28-38)42(7,8)14-2)49-51(47,48)50-46(39-29-21-35(22-30-39)43(9,10)15-3)40-31-23-36(24-32-40)44(11,12)16-4/h17-32H,13-16H2,1-12H3. The van der Waals surface area contributed by atoms with Crippen LogP contribution in [0.3, 0.4) is 0 Å². The van der Waals surface area contributed by atoms with Crippen molar-refractivity contribution < 1.29 is 13.4 Å². The first-order valence-corrected chi connectivity index (χ1v) is 25.7. The molecule has 0 radical (unpaired) electrons. The Bertz CT molecular complexity index is 1580. The topological polar surface area (TPSA) is 52.6 Å². The van der Waals surface area contributed by atoms with Crippen LogP contribution in [0.4, 0.5) is 0 Å². The third-order valence-electron chi connectivity index (χ3n) is 11.1. The van der Waals surface area contributed by atoms with Gasteiger partial charge in [-0.05, 0) is 0 Å². The number of rotatable bonds is 16. The molecule has 51 heavy (non-hydrogen) atoms. The van der Waals surface area contributed by atoms with E-state index in [1.807, 2.05) is 0 Å². The molecule has 0 bridgehead atoms. The van der Waals surface area contributed by atoms with Gasteiger partial charge in [-0.15, -0.1) is 0 Å². The van der Waals surface area contributed by atoms with E-state index in [4.69, 9.17) is 5.03 Å². The van der Waals surface area contributed by atoms with Crippen LogP contribution in [-0.4, -0.2) is 8.42 Å². The summed E-state index contributed by atoms with van der Waals surface area (Å²) in [5.74, 6) is 0. The van der Waals surface area contributed by atoms with Gasteiger partial charge in [-0.2, -0.15) is 0 Å². The van der Waals surface area contributed by atoms with Gasteiger partial charge in [0.05, 0.1) is 0 Å². The van der Waals surface area contributed by atoms with Crippen LogP contribution in [-0.2, 0) is 37.1 Å². The van der Waals surface area contributed by atoms with Gasteiger partial charge in [-0.1, -0.05) is 0 Å². The maximum atomic E-state index is 14.3. The molecule has 4 aromatic carbocycles. The summed E-state index contributed by atoms with van der Waals surface area (Å²) in [7, 11) is -4.41. The number of benzene rings is 4. The first-order valence-electron chi connectivity index (χ1n) is 18.3. The van der Waals surface area contributed by atoms with Crippen LogP contribution in [0.2, 0.25) is 0 Å². The average molecular weight is 939 g/mol. The molecule has 0 unspecified atom stereocenters. The van der Waals surface area contributed by atoms with E-state index in [1.165, 1.54) is 22.3 Å². The quantitative estimate of drug-likeness (QED) is 0.105. The predicted octanol–water partition coefficient (Wildman–Crippen LogP) is 13.3. The second-order valence-electron chi connectivity index (χ2n) is 16.0. The maximum absolute atomic E-state index is 14.3. The summed E-state index contributed by atoms with van der Waals surface area (Å²) >= 11 is -5.98. The number of halogens is 2. The Kier molecular flexibility index (Phi) is 13.7. The van der Waals surface area contributed by atoms with E-state index in [-0.39, 0.29) is 21.7 Å². The zero-order valence-corrected chi connectivity index (χ0v) is 38.0. The Morgan fingerprint density at radius 3 is 0.725 bits per heavy atom. The molecule has 0 fully saturated rings. The Hall–Kier alpha value is -1.79. The molecule has 4 aromatic rings. The summed E-state index contributed by atoms with van der Waals surface area (Å²) in [6.45, 7) is 26.6. The summed E-state index contributed by atoms with van der Waals surface area (Å²) in [5, 5.41) is 0. The summed E-state index contributed by atoms with van der Waals surface area (Å²) in [4.78, 5) is 0. The van der Waals surface area contributed by atoms with Gasteiger partial charge in [-0.25, -0.2) is 0 Å². The fourth-order valence-electron chi connectivity index (χ4n) is 5.44. The van der Waals surface area contributed by atoms with E-state index in [2.05, 4.69) is 180 Å². The first kappa shape index (κ1) is 42.0. The predicted molar refractivity (Wildman–Crippen MR) is 233 cm³/mol. The average Bonchev–Trinajstić information content (AvgIpc) is 3.13. The molecule has 280 valence electrons. The van der Waals surface area contributed by atoms with Gasteiger partial charge in [0.15, 0.2) is 0 Å². The van der Waals surface area contributed by atoms with Crippen LogP contribution in [0.1, 0.15) is 131 Å². The van der Waals surface area contributed by atoms with Crippen LogP contribution < -0.4 is 0 Å². The molecule has 0 aliphatic heterocycles. The molecule has 7 heteroatoms. The monoisotopic (exact) mass is 938 g/mol. The molecule has 0 aliphatic rings. The van der Waals surface area contributed by atoms with Gasteiger partial charge in [0.1, 0.15) is 0 Å². The normalized spacial score (nSPS) is 13.6. The molecule has 0 saturated heterocycles. The van der Waals surface area contributed by atoms with Crippen molar-refractivity contribution in [3.63, 3.8) is 0 Å². The van der Waals surface area contributed by atoms with Crippen molar-refractivity contribution in [3.8, 4) is 0 Å². The zero-order valence-electron chi connectivity index (χ0n) is 32.9. The third-order valence-corrected chi connectivity index (χ3v) is 23.9. The van der Waals surface area contributed by atoms with Gasteiger partial charge in [-0.3, -0.25) is 0 Å². The van der Waals surface area contributed by atoms with Crippen LogP contribution in [0.5, 0.6) is 0 Å². The molecule has 0 aliphatic carbocycles. The van der Waals surface area contributed by atoms with Crippen molar-refractivity contribution in [2.75, 3.05) is 0 Å². The summed E-state index contributed by atoms with van der Waals surface area (Å²) in [5.41, 5.74) is 4.97. The molecule has 4 nitrogen and oxygen atoms in total. The van der Waals surface area contributed by atoms with Crippen LogP contribution in [0, 0.1) is 14.3 Å². The van der Waals surface area contributed by atoms with E-state index < -0.39 is 50.9 Å². The van der Waals surface area contributed by atoms with Crippen molar-refractivity contribution in [1.29, 1.82) is 0 Å². The van der Waals surface area contributed by atoms with Crippen LogP contribution in [0.15, 0.2) is 97.1 Å². The fourth-order valence-corrected chi connectivity index (χ4v) is 18.0. The second kappa shape index (κ2) is 16.7. The molecule has 0 atom stereocenters. The molecule has 0 amide bonds. The van der Waals surface area contributed by atoms with Crippen molar-refractivity contribution in [1.82, 2.24) is 0 Å². The van der Waals surface area contributed by atoms with E-state index in [9.17, 15) is 8.42 Å². The molecule has 0 heterocycles. The second-order valence-corrected chi connectivity index (χ2v) is 27.1. The molecular weight excluding hydrogens is 878 g/mol. The molecule has 0 spiro atoms. The zero-order chi connectivity index (χ0) is 37.8. The Balaban J connectivity index is 1.77.